The third kappa shape index (κ3) is 3.68. The summed E-state index contributed by atoms with van der Waals surface area (Å²) >= 11 is 0. The number of hydrogen-bond acceptors (Lipinski definition) is 4. The third-order valence-electron chi connectivity index (χ3n) is 4.71. The molecule has 1 amide bonds. The molecule has 0 bridgehead atoms. The van der Waals surface area contributed by atoms with Crippen LogP contribution < -0.4 is 5.73 Å². The number of nitrogens with zero attached hydrogens (tertiary/aromatic N) is 3. The Morgan fingerprint density at radius 1 is 1.05 bits per heavy atom. The van der Waals surface area contributed by atoms with Crippen molar-refractivity contribution in [1.82, 2.24) is 14.7 Å². The zero-order chi connectivity index (χ0) is 13.8. The summed E-state index contributed by atoms with van der Waals surface area (Å²) in [6, 6.07) is 1.46. The molecule has 2 rings (SSSR count). The molecule has 2 heterocycles. The van der Waals surface area contributed by atoms with Gasteiger partial charge in [-0.3, -0.25) is 14.6 Å². The molecule has 0 aromatic rings. The maximum atomic E-state index is 11.5. The Morgan fingerprint density at radius 2 is 1.63 bits per heavy atom. The van der Waals surface area contributed by atoms with Crippen LogP contribution >= 0.6 is 0 Å². The standard InChI is InChI=1S/C14H28N4O/c1-12-3-4-13(2)18(12)10-7-16-5-8-17(9-6-16)14(19)11-15/h12-13H,3-11,15H2,1-2H3. The van der Waals surface area contributed by atoms with E-state index in [1.165, 1.54) is 12.8 Å². The van der Waals surface area contributed by atoms with Gasteiger partial charge in [0.05, 0.1) is 6.54 Å². The van der Waals surface area contributed by atoms with E-state index in [2.05, 4.69) is 23.6 Å². The fourth-order valence-corrected chi connectivity index (χ4v) is 3.30. The maximum Gasteiger partial charge on any atom is 0.236 e. The maximum absolute atomic E-state index is 11.5. The second-order valence-electron chi connectivity index (χ2n) is 5.94. The predicted octanol–water partition coefficient (Wildman–Crippen LogP) is -0.0379. The van der Waals surface area contributed by atoms with Crippen LogP contribution in [0.4, 0.5) is 0 Å². The van der Waals surface area contributed by atoms with Crippen molar-refractivity contribution in [3.63, 3.8) is 0 Å². The van der Waals surface area contributed by atoms with Gasteiger partial charge in [0, 0.05) is 51.4 Å². The quantitative estimate of drug-likeness (QED) is 0.777. The van der Waals surface area contributed by atoms with E-state index in [1.54, 1.807) is 0 Å². The Labute approximate surface area is 116 Å². The van der Waals surface area contributed by atoms with Gasteiger partial charge < -0.3 is 10.6 Å². The first-order chi connectivity index (χ1) is 9.11. The van der Waals surface area contributed by atoms with Gasteiger partial charge in [0.2, 0.25) is 5.91 Å². The van der Waals surface area contributed by atoms with Crippen LogP contribution in [0.25, 0.3) is 0 Å². The third-order valence-corrected chi connectivity index (χ3v) is 4.71. The molecule has 2 aliphatic heterocycles. The first-order valence-electron chi connectivity index (χ1n) is 7.57. The lowest BCUT2D eigenvalue weighted by molar-refractivity contribution is -0.131. The lowest BCUT2D eigenvalue weighted by Crippen LogP contribution is -2.52. The summed E-state index contributed by atoms with van der Waals surface area (Å²) in [5, 5.41) is 0. The van der Waals surface area contributed by atoms with E-state index < -0.39 is 0 Å². The molecule has 19 heavy (non-hydrogen) atoms. The van der Waals surface area contributed by atoms with Crippen molar-refractivity contribution < 1.29 is 4.79 Å². The summed E-state index contributed by atoms with van der Waals surface area (Å²) in [5.74, 6) is 0.0847. The highest BCUT2D eigenvalue weighted by Crippen LogP contribution is 2.22. The number of carbonyl (C=O) groups is 1. The Bertz CT molecular complexity index is 292. The van der Waals surface area contributed by atoms with E-state index in [9.17, 15) is 4.79 Å². The Hall–Kier alpha value is -0.650. The second-order valence-corrected chi connectivity index (χ2v) is 5.94. The summed E-state index contributed by atoms with van der Waals surface area (Å²) in [6.45, 7) is 10.7. The van der Waals surface area contributed by atoms with Crippen molar-refractivity contribution in [2.75, 3.05) is 45.8 Å². The second kappa shape index (κ2) is 6.68. The molecule has 0 aliphatic carbocycles. The van der Waals surface area contributed by atoms with Gasteiger partial charge in [-0.2, -0.15) is 0 Å². The lowest BCUT2D eigenvalue weighted by Gasteiger charge is -2.36. The van der Waals surface area contributed by atoms with E-state index in [0.717, 1.165) is 51.4 Å². The van der Waals surface area contributed by atoms with Crippen LogP contribution in [0.1, 0.15) is 26.7 Å². The lowest BCUT2D eigenvalue weighted by atomic mass is 10.2. The van der Waals surface area contributed by atoms with Crippen LogP contribution in [0.15, 0.2) is 0 Å². The average molecular weight is 268 g/mol. The van der Waals surface area contributed by atoms with Crippen molar-refractivity contribution in [1.29, 1.82) is 0 Å². The molecule has 2 atom stereocenters. The normalized spacial score (nSPS) is 29.9. The van der Waals surface area contributed by atoms with Crippen LogP contribution in [0.3, 0.4) is 0 Å². The molecule has 2 saturated heterocycles. The highest BCUT2D eigenvalue weighted by molar-refractivity contribution is 5.78. The Morgan fingerprint density at radius 3 is 2.16 bits per heavy atom. The summed E-state index contributed by atoms with van der Waals surface area (Å²) < 4.78 is 0. The number of piperazine rings is 1. The molecule has 110 valence electrons. The Balaban J connectivity index is 1.70. The molecule has 0 aromatic carbocycles. The fraction of sp³-hybridized carbons (Fsp3) is 0.929. The van der Waals surface area contributed by atoms with Crippen molar-refractivity contribution >= 4 is 5.91 Å². The van der Waals surface area contributed by atoms with Crippen LogP contribution in [-0.4, -0.2) is 78.5 Å². The largest absolute Gasteiger partial charge is 0.339 e. The minimum Gasteiger partial charge on any atom is -0.339 e. The molecule has 2 unspecified atom stereocenters. The Kier molecular flexibility index (Phi) is 5.19. The minimum atomic E-state index is 0.0847. The van der Waals surface area contributed by atoms with Gasteiger partial charge in [0.1, 0.15) is 0 Å². The zero-order valence-electron chi connectivity index (χ0n) is 12.3. The molecule has 2 fully saturated rings. The zero-order valence-corrected chi connectivity index (χ0v) is 12.3. The monoisotopic (exact) mass is 268 g/mol. The summed E-state index contributed by atoms with van der Waals surface area (Å²) in [4.78, 5) is 18.5. The van der Waals surface area contributed by atoms with Crippen molar-refractivity contribution in [3.8, 4) is 0 Å². The number of likely N-dealkylation sites (tertiary alicyclic amines) is 1. The summed E-state index contributed by atoms with van der Waals surface area (Å²) in [5.41, 5.74) is 5.40. The predicted molar refractivity (Wildman–Crippen MR) is 76.9 cm³/mol. The summed E-state index contributed by atoms with van der Waals surface area (Å²) in [7, 11) is 0. The van der Waals surface area contributed by atoms with Gasteiger partial charge in [-0.25, -0.2) is 0 Å². The van der Waals surface area contributed by atoms with Gasteiger partial charge in [0.25, 0.3) is 0 Å². The van der Waals surface area contributed by atoms with Crippen LogP contribution in [0, 0.1) is 0 Å². The van der Waals surface area contributed by atoms with Crippen LogP contribution in [0.2, 0.25) is 0 Å². The van der Waals surface area contributed by atoms with Gasteiger partial charge in [-0.05, 0) is 26.7 Å². The summed E-state index contributed by atoms with van der Waals surface area (Å²) in [6.07, 6.45) is 2.67. The topological polar surface area (TPSA) is 52.8 Å². The van der Waals surface area contributed by atoms with Crippen molar-refractivity contribution in [2.24, 2.45) is 5.73 Å². The van der Waals surface area contributed by atoms with E-state index in [1.807, 2.05) is 4.90 Å². The van der Waals surface area contributed by atoms with E-state index in [0.29, 0.717) is 0 Å². The van der Waals surface area contributed by atoms with Crippen molar-refractivity contribution in [3.05, 3.63) is 0 Å². The van der Waals surface area contributed by atoms with Crippen LogP contribution in [-0.2, 0) is 4.79 Å². The average Bonchev–Trinajstić information content (AvgIpc) is 2.75. The highest BCUT2D eigenvalue weighted by Gasteiger charge is 2.27. The first kappa shape index (κ1) is 14.8. The molecule has 0 radical (unpaired) electrons. The molecule has 0 saturated carbocycles. The van der Waals surface area contributed by atoms with E-state index in [-0.39, 0.29) is 12.5 Å². The molecule has 2 N–H and O–H groups in total. The first-order valence-corrected chi connectivity index (χ1v) is 7.57. The fourth-order valence-electron chi connectivity index (χ4n) is 3.30. The van der Waals surface area contributed by atoms with E-state index in [4.69, 9.17) is 5.73 Å². The molecular weight excluding hydrogens is 240 g/mol. The van der Waals surface area contributed by atoms with E-state index >= 15 is 0 Å². The smallest absolute Gasteiger partial charge is 0.236 e. The number of rotatable bonds is 4. The number of carbonyl (C=O) groups excluding carboxylic acids is 1. The molecule has 2 aliphatic rings. The molecule has 5 nitrogen and oxygen atoms in total. The van der Waals surface area contributed by atoms with Gasteiger partial charge in [-0.15, -0.1) is 0 Å². The number of hydrogen-bond donors (Lipinski definition) is 1. The number of amides is 1. The highest BCUT2D eigenvalue weighted by atomic mass is 16.2. The number of nitrogens with two attached hydrogens (primary N) is 1. The molecule has 0 aromatic heterocycles. The molecule has 5 heteroatoms. The molecular formula is C14H28N4O. The SMILES string of the molecule is CC1CCC(C)N1CCN1CCN(C(=O)CN)CC1. The van der Waals surface area contributed by atoms with Gasteiger partial charge in [0.15, 0.2) is 0 Å². The van der Waals surface area contributed by atoms with Gasteiger partial charge >= 0.3 is 0 Å². The van der Waals surface area contributed by atoms with Gasteiger partial charge in [-0.1, -0.05) is 0 Å². The van der Waals surface area contributed by atoms with Crippen LogP contribution in [0.5, 0.6) is 0 Å². The molecule has 0 spiro atoms. The minimum absolute atomic E-state index is 0.0847. The van der Waals surface area contributed by atoms with Crippen molar-refractivity contribution in [2.45, 2.75) is 38.8 Å².